The van der Waals surface area contributed by atoms with Crippen molar-refractivity contribution in [1.82, 2.24) is 9.78 Å². The van der Waals surface area contributed by atoms with Crippen LogP contribution in [-0.2, 0) is 10.9 Å². The first-order valence-corrected chi connectivity index (χ1v) is 9.69. The van der Waals surface area contributed by atoms with Gasteiger partial charge in [0.25, 0.3) is 0 Å². The Morgan fingerprint density at radius 3 is 2.38 bits per heavy atom. The highest BCUT2D eigenvalue weighted by Gasteiger charge is 2.41. The van der Waals surface area contributed by atoms with E-state index in [4.69, 9.17) is 27.9 Å². The highest BCUT2D eigenvalue weighted by molar-refractivity contribution is 6.30. The van der Waals surface area contributed by atoms with E-state index in [9.17, 15) is 18.0 Å². The molecule has 1 aromatic heterocycles. The number of hydrazine groups is 1. The summed E-state index contributed by atoms with van der Waals surface area (Å²) in [5.41, 5.74) is 5.71. The van der Waals surface area contributed by atoms with Crippen LogP contribution in [0.1, 0.15) is 28.5 Å². The molecule has 32 heavy (non-hydrogen) atoms. The highest BCUT2D eigenvalue weighted by atomic mass is 35.5. The predicted octanol–water partition coefficient (Wildman–Crippen LogP) is 4.36. The van der Waals surface area contributed by atoms with Crippen LogP contribution in [-0.4, -0.2) is 22.4 Å². The van der Waals surface area contributed by atoms with Crippen molar-refractivity contribution in [2.75, 3.05) is 11.6 Å². The molecule has 7 nitrogen and oxygen atoms in total. The summed E-state index contributed by atoms with van der Waals surface area (Å²) < 4.78 is 46.3. The first kappa shape index (κ1) is 23.2. The number of nitrogens with zero attached hydrogens (tertiary/aromatic N) is 3. The Morgan fingerprint density at radius 2 is 1.81 bits per heavy atom. The number of alkyl halides is 3. The molecule has 0 aliphatic carbocycles. The van der Waals surface area contributed by atoms with E-state index in [0.29, 0.717) is 21.0 Å². The van der Waals surface area contributed by atoms with Crippen molar-refractivity contribution in [3.8, 4) is 5.69 Å². The maximum atomic E-state index is 13.6. The Labute approximate surface area is 186 Å². The van der Waals surface area contributed by atoms with Gasteiger partial charge in [-0.15, -0.1) is 0 Å². The molecule has 2 aromatic carbocycles. The summed E-state index contributed by atoms with van der Waals surface area (Å²) in [6.45, 7) is 1.44. The van der Waals surface area contributed by atoms with Crippen LogP contribution in [0.4, 0.5) is 18.9 Å². The average Bonchev–Trinajstić information content (AvgIpc) is 3.20. The van der Waals surface area contributed by atoms with Gasteiger partial charge in [0.2, 0.25) is 0 Å². The number of ether oxygens (including phenoxy) is 1. The molecule has 0 unspecified atom stereocenters. The Balaban J connectivity index is 1.90. The van der Waals surface area contributed by atoms with Crippen molar-refractivity contribution < 1.29 is 22.7 Å². The van der Waals surface area contributed by atoms with Gasteiger partial charge < -0.3 is 10.5 Å². The summed E-state index contributed by atoms with van der Waals surface area (Å²) in [4.78, 5) is 11.9. The third-order valence-electron chi connectivity index (χ3n) is 4.38. The minimum absolute atomic E-state index is 0.0597. The monoisotopic (exact) mass is 465 g/mol. The first-order valence-electron chi connectivity index (χ1n) is 9.31. The van der Waals surface area contributed by atoms with Gasteiger partial charge in [0.1, 0.15) is 5.56 Å². The number of esters is 1. The second-order valence-corrected chi connectivity index (χ2v) is 6.99. The number of rotatable bonds is 6. The highest BCUT2D eigenvalue weighted by Crippen LogP contribution is 2.34. The quantitative estimate of drug-likeness (QED) is 0.319. The van der Waals surface area contributed by atoms with Crippen LogP contribution in [0, 0.1) is 0 Å². The number of benzene rings is 2. The van der Waals surface area contributed by atoms with Gasteiger partial charge in [0.15, 0.2) is 5.69 Å². The summed E-state index contributed by atoms with van der Waals surface area (Å²) in [5, 5.41) is 5.58. The Hall–Kier alpha value is -3.50. The summed E-state index contributed by atoms with van der Waals surface area (Å²) in [6.07, 6.45) is -2.53. The molecule has 0 aliphatic heterocycles. The second kappa shape index (κ2) is 9.33. The fraction of sp³-hybridized carbons (Fsp3) is 0.143. The molecule has 0 aliphatic rings. The molecule has 0 saturated carbocycles. The van der Waals surface area contributed by atoms with Crippen LogP contribution < -0.4 is 16.6 Å². The van der Waals surface area contributed by atoms with Crippen LogP contribution in [0.3, 0.4) is 0 Å². The number of anilines is 1. The molecule has 11 heteroatoms. The number of hydrogen-bond acceptors (Lipinski definition) is 6. The molecule has 0 radical (unpaired) electrons. The summed E-state index contributed by atoms with van der Waals surface area (Å²) >= 11 is 5.85. The second-order valence-electron chi connectivity index (χ2n) is 6.55. The number of nitrogens with two attached hydrogens (primary N) is 2. The van der Waals surface area contributed by atoms with E-state index in [2.05, 4.69) is 5.10 Å². The van der Waals surface area contributed by atoms with Crippen molar-refractivity contribution in [2.45, 2.75) is 13.1 Å². The van der Waals surface area contributed by atoms with Gasteiger partial charge >= 0.3 is 12.1 Å². The lowest BCUT2D eigenvalue weighted by Crippen LogP contribution is -2.25. The van der Waals surface area contributed by atoms with Crippen molar-refractivity contribution in [1.29, 1.82) is 0 Å². The summed E-state index contributed by atoms with van der Waals surface area (Å²) in [5.74, 6) is 4.88. The van der Waals surface area contributed by atoms with Crippen molar-refractivity contribution >= 4 is 29.0 Å². The van der Waals surface area contributed by atoms with Gasteiger partial charge in [-0.2, -0.15) is 18.3 Å². The number of carbonyl (C=O) groups is 1. The predicted molar refractivity (Wildman–Crippen MR) is 115 cm³/mol. The molecule has 0 amide bonds. The van der Waals surface area contributed by atoms with Gasteiger partial charge in [-0.05, 0) is 48.9 Å². The standard InChI is InChI=1S/C21H19ClF3N5O2/c1-2-32-20(31)17-11-28-30(19(17)21(23,24)25)16-7-3-13(4-8-16)18(26)12-29(27)15-9-5-14(22)6-10-15/h3-12H,2,26-27H2,1H3/b18-12-. The SMILES string of the molecule is CCOC(=O)c1cnn(-c2ccc(/C(N)=C/N(N)c3ccc(Cl)cc3)cc2)c1C(F)(F)F. The minimum Gasteiger partial charge on any atom is -0.462 e. The van der Waals surface area contributed by atoms with E-state index in [1.165, 1.54) is 42.4 Å². The molecule has 4 N–H and O–H groups in total. The van der Waals surface area contributed by atoms with Crippen LogP contribution in [0.15, 0.2) is 60.9 Å². The Morgan fingerprint density at radius 1 is 1.19 bits per heavy atom. The third kappa shape index (κ3) is 5.04. The smallest absolute Gasteiger partial charge is 0.434 e. The molecule has 0 spiro atoms. The van der Waals surface area contributed by atoms with Gasteiger partial charge in [-0.25, -0.2) is 15.3 Å². The lowest BCUT2D eigenvalue weighted by atomic mass is 10.1. The molecule has 0 fully saturated rings. The fourth-order valence-electron chi connectivity index (χ4n) is 2.88. The fourth-order valence-corrected chi connectivity index (χ4v) is 3.01. The van der Waals surface area contributed by atoms with E-state index < -0.39 is 23.4 Å². The molecule has 0 saturated heterocycles. The van der Waals surface area contributed by atoms with Gasteiger partial charge in [-0.3, -0.25) is 5.01 Å². The number of aromatic nitrogens is 2. The Kier molecular flexibility index (Phi) is 6.75. The van der Waals surface area contributed by atoms with Crippen molar-refractivity contribution in [3.05, 3.63) is 82.8 Å². The first-order chi connectivity index (χ1) is 15.1. The lowest BCUT2D eigenvalue weighted by Gasteiger charge is -2.16. The molecule has 0 bridgehead atoms. The lowest BCUT2D eigenvalue weighted by molar-refractivity contribution is -0.143. The number of halogens is 4. The van der Waals surface area contributed by atoms with Crippen LogP contribution in [0.5, 0.6) is 0 Å². The van der Waals surface area contributed by atoms with Crippen molar-refractivity contribution in [3.63, 3.8) is 0 Å². The maximum Gasteiger partial charge on any atom is 0.434 e. The van der Waals surface area contributed by atoms with E-state index in [1.54, 1.807) is 24.3 Å². The topological polar surface area (TPSA) is 99.4 Å². The third-order valence-corrected chi connectivity index (χ3v) is 4.63. The molecule has 0 atom stereocenters. The average molecular weight is 466 g/mol. The molecular weight excluding hydrogens is 447 g/mol. The van der Waals surface area contributed by atoms with Crippen LogP contribution >= 0.6 is 11.6 Å². The molecule has 3 rings (SSSR count). The summed E-state index contributed by atoms with van der Waals surface area (Å²) in [6, 6.07) is 12.6. The largest absolute Gasteiger partial charge is 0.462 e. The van der Waals surface area contributed by atoms with E-state index in [-0.39, 0.29) is 18.0 Å². The van der Waals surface area contributed by atoms with Crippen molar-refractivity contribution in [2.24, 2.45) is 11.6 Å². The summed E-state index contributed by atoms with van der Waals surface area (Å²) in [7, 11) is 0. The van der Waals surface area contributed by atoms with E-state index >= 15 is 0 Å². The molecular formula is C21H19ClF3N5O2. The van der Waals surface area contributed by atoms with Gasteiger partial charge in [-0.1, -0.05) is 23.7 Å². The molecule has 1 heterocycles. The zero-order chi connectivity index (χ0) is 23.5. The maximum absolute atomic E-state index is 13.6. The zero-order valence-electron chi connectivity index (χ0n) is 16.8. The molecule has 3 aromatic rings. The normalized spacial score (nSPS) is 12.0. The number of hydrogen-bond donors (Lipinski definition) is 2. The van der Waals surface area contributed by atoms with Crippen LogP contribution in [0.25, 0.3) is 11.4 Å². The Bertz CT molecular complexity index is 1130. The van der Waals surface area contributed by atoms with E-state index in [1.807, 2.05) is 0 Å². The van der Waals surface area contributed by atoms with Gasteiger partial charge in [0.05, 0.1) is 29.9 Å². The minimum atomic E-state index is -4.82. The molecule has 168 valence electrons. The van der Waals surface area contributed by atoms with Gasteiger partial charge in [0, 0.05) is 11.2 Å². The van der Waals surface area contributed by atoms with E-state index in [0.717, 1.165) is 6.20 Å². The van der Waals surface area contributed by atoms with Crippen LogP contribution in [0.2, 0.25) is 5.02 Å². The number of carbonyl (C=O) groups excluding carboxylic acids is 1. The zero-order valence-corrected chi connectivity index (χ0v) is 17.6.